The molecule has 0 radical (unpaired) electrons. The second kappa shape index (κ2) is 5.11. The molecule has 1 saturated heterocycles. The van der Waals surface area contributed by atoms with Gasteiger partial charge in [-0.3, -0.25) is 9.67 Å². The van der Waals surface area contributed by atoms with Crippen LogP contribution in [-0.4, -0.2) is 56.8 Å². The van der Waals surface area contributed by atoms with E-state index in [1.165, 1.54) is 6.42 Å². The summed E-state index contributed by atoms with van der Waals surface area (Å²) in [6, 6.07) is 0. The number of anilines is 1. The van der Waals surface area contributed by atoms with Crippen molar-refractivity contribution in [2.24, 2.45) is 29.6 Å². The van der Waals surface area contributed by atoms with Crippen molar-refractivity contribution >= 4 is 22.8 Å². The molecule has 3 N–H and O–H groups in total. The standard InChI is InChI=1S/C14H20N8/c1-21-13-11(5-20-21)12(18-8-19-13)16-2-3-17-14(15)22-6-9-4-10(9)7-22/h5,8-10H,2-4,6-7H2,1H3,(H2,15,17)(H,16,18,19). The lowest BCUT2D eigenvalue weighted by Gasteiger charge is -2.18. The van der Waals surface area contributed by atoms with Crippen LogP contribution in [0.5, 0.6) is 0 Å². The van der Waals surface area contributed by atoms with Crippen molar-refractivity contribution in [1.82, 2.24) is 24.6 Å². The van der Waals surface area contributed by atoms with Crippen molar-refractivity contribution in [1.29, 1.82) is 0 Å². The lowest BCUT2D eigenvalue weighted by atomic mass is 10.4. The minimum atomic E-state index is 0.628. The zero-order chi connectivity index (χ0) is 15.1. The molecule has 1 saturated carbocycles. The van der Waals surface area contributed by atoms with Crippen molar-refractivity contribution in [3.8, 4) is 0 Å². The molecule has 2 unspecified atom stereocenters. The molecule has 116 valence electrons. The van der Waals surface area contributed by atoms with Gasteiger partial charge in [0.2, 0.25) is 0 Å². The first-order valence-corrected chi connectivity index (χ1v) is 7.64. The van der Waals surface area contributed by atoms with E-state index in [1.807, 2.05) is 7.05 Å². The van der Waals surface area contributed by atoms with Crippen LogP contribution >= 0.6 is 0 Å². The fourth-order valence-corrected chi connectivity index (χ4v) is 3.13. The van der Waals surface area contributed by atoms with Crippen LogP contribution in [0.25, 0.3) is 11.0 Å². The highest BCUT2D eigenvalue weighted by molar-refractivity contribution is 5.86. The van der Waals surface area contributed by atoms with E-state index >= 15 is 0 Å². The third-order valence-corrected chi connectivity index (χ3v) is 4.51. The Kier molecular flexibility index (Phi) is 3.09. The van der Waals surface area contributed by atoms with Gasteiger partial charge in [-0.15, -0.1) is 0 Å². The molecule has 8 nitrogen and oxygen atoms in total. The SMILES string of the molecule is Cn1ncc2c(NCCN=C(N)N3CC4CC4C3)ncnc21. The van der Waals surface area contributed by atoms with Gasteiger partial charge in [0.1, 0.15) is 12.1 Å². The van der Waals surface area contributed by atoms with Crippen molar-refractivity contribution in [2.45, 2.75) is 6.42 Å². The van der Waals surface area contributed by atoms with E-state index in [9.17, 15) is 0 Å². The molecule has 2 fully saturated rings. The highest BCUT2D eigenvalue weighted by atomic mass is 15.3. The molecule has 2 atom stereocenters. The largest absolute Gasteiger partial charge is 0.370 e. The maximum Gasteiger partial charge on any atom is 0.191 e. The molecule has 22 heavy (non-hydrogen) atoms. The van der Waals surface area contributed by atoms with E-state index in [1.54, 1.807) is 17.2 Å². The minimum Gasteiger partial charge on any atom is -0.370 e. The molecule has 2 aliphatic rings. The number of aliphatic imine (C=N–C) groups is 1. The fraction of sp³-hybridized carbons (Fsp3) is 0.571. The summed E-state index contributed by atoms with van der Waals surface area (Å²) >= 11 is 0. The summed E-state index contributed by atoms with van der Waals surface area (Å²) in [6.07, 6.45) is 4.69. The topological polar surface area (TPSA) is 97.2 Å². The Morgan fingerprint density at radius 3 is 3.05 bits per heavy atom. The summed E-state index contributed by atoms with van der Waals surface area (Å²) in [5.74, 6) is 3.19. The monoisotopic (exact) mass is 300 g/mol. The summed E-state index contributed by atoms with van der Waals surface area (Å²) < 4.78 is 1.73. The van der Waals surface area contributed by atoms with Gasteiger partial charge < -0.3 is 16.0 Å². The van der Waals surface area contributed by atoms with Gasteiger partial charge >= 0.3 is 0 Å². The first-order valence-electron chi connectivity index (χ1n) is 7.64. The number of fused-ring (bicyclic) bond motifs is 2. The zero-order valence-electron chi connectivity index (χ0n) is 12.6. The van der Waals surface area contributed by atoms with E-state index in [2.05, 4.69) is 30.3 Å². The number of piperidine rings is 1. The molecule has 2 aromatic rings. The van der Waals surface area contributed by atoms with Crippen LogP contribution < -0.4 is 11.1 Å². The Balaban J connectivity index is 1.34. The van der Waals surface area contributed by atoms with E-state index in [-0.39, 0.29) is 0 Å². The summed E-state index contributed by atoms with van der Waals surface area (Å²) in [5.41, 5.74) is 6.86. The van der Waals surface area contributed by atoms with Crippen LogP contribution in [0.3, 0.4) is 0 Å². The zero-order valence-corrected chi connectivity index (χ0v) is 12.6. The number of likely N-dealkylation sites (tertiary alicyclic amines) is 1. The van der Waals surface area contributed by atoms with E-state index in [0.717, 1.165) is 41.8 Å². The van der Waals surface area contributed by atoms with Crippen molar-refractivity contribution in [3.05, 3.63) is 12.5 Å². The Morgan fingerprint density at radius 2 is 2.23 bits per heavy atom. The molecule has 3 heterocycles. The molecule has 2 aromatic heterocycles. The smallest absolute Gasteiger partial charge is 0.191 e. The highest BCUT2D eigenvalue weighted by Gasteiger charge is 2.45. The Hall–Kier alpha value is -2.38. The minimum absolute atomic E-state index is 0.628. The van der Waals surface area contributed by atoms with E-state index in [4.69, 9.17) is 5.73 Å². The third kappa shape index (κ3) is 2.34. The van der Waals surface area contributed by atoms with E-state index < -0.39 is 0 Å². The molecule has 1 aliphatic heterocycles. The number of nitrogens with one attached hydrogen (secondary N) is 1. The molecule has 8 heteroatoms. The highest BCUT2D eigenvalue weighted by Crippen LogP contribution is 2.44. The summed E-state index contributed by atoms with van der Waals surface area (Å²) in [5, 5.41) is 8.39. The van der Waals surface area contributed by atoms with Gasteiger partial charge in [0.05, 0.1) is 18.1 Å². The average Bonchev–Trinajstić information content (AvgIpc) is 2.95. The quantitative estimate of drug-likeness (QED) is 0.470. The van der Waals surface area contributed by atoms with Gasteiger partial charge in [0.15, 0.2) is 11.6 Å². The number of aryl methyl sites for hydroxylation is 1. The molecular formula is C14H20N8. The summed E-state index contributed by atoms with van der Waals surface area (Å²) in [6.45, 7) is 3.47. The Bertz CT molecular complexity index is 711. The summed E-state index contributed by atoms with van der Waals surface area (Å²) in [4.78, 5) is 15.1. The van der Waals surface area contributed by atoms with Crippen LogP contribution in [0, 0.1) is 11.8 Å². The van der Waals surface area contributed by atoms with Crippen LogP contribution in [0.1, 0.15) is 6.42 Å². The van der Waals surface area contributed by atoms with E-state index in [0.29, 0.717) is 19.0 Å². The average molecular weight is 300 g/mol. The van der Waals surface area contributed by atoms with Crippen LogP contribution in [0.15, 0.2) is 17.5 Å². The van der Waals surface area contributed by atoms with Crippen LogP contribution in [-0.2, 0) is 7.05 Å². The lowest BCUT2D eigenvalue weighted by molar-refractivity contribution is 0.455. The van der Waals surface area contributed by atoms with Gasteiger partial charge in [0, 0.05) is 26.7 Å². The maximum absolute atomic E-state index is 6.04. The molecular weight excluding hydrogens is 280 g/mol. The van der Waals surface area contributed by atoms with Crippen molar-refractivity contribution in [3.63, 3.8) is 0 Å². The molecule has 4 rings (SSSR count). The molecule has 0 amide bonds. The first-order chi connectivity index (χ1) is 10.7. The number of hydrogen-bond acceptors (Lipinski definition) is 5. The molecule has 0 bridgehead atoms. The molecule has 0 spiro atoms. The fourth-order valence-electron chi connectivity index (χ4n) is 3.13. The van der Waals surface area contributed by atoms with Gasteiger partial charge in [-0.25, -0.2) is 9.97 Å². The first kappa shape index (κ1) is 13.3. The van der Waals surface area contributed by atoms with Gasteiger partial charge in [0.25, 0.3) is 0 Å². The molecule has 1 aliphatic carbocycles. The number of guanidine groups is 1. The number of aromatic nitrogens is 4. The summed E-state index contributed by atoms with van der Waals surface area (Å²) in [7, 11) is 1.87. The van der Waals surface area contributed by atoms with Crippen molar-refractivity contribution in [2.75, 3.05) is 31.5 Å². The second-order valence-electron chi connectivity index (χ2n) is 6.06. The molecule has 0 aromatic carbocycles. The number of hydrogen-bond donors (Lipinski definition) is 2. The predicted molar refractivity (Wildman–Crippen MR) is 84.5 cm³/mol. The number of rotatable bonds is 4. The second-order valence-corrected chi connectivity index (χ2v) is 6.06. The van der Waals surface area contributed by atoms with Crippen LogP contribution in [0.2, 0.25) is 0 Å². The van der Waals surface area contributed by atoms with Gasteiger partial charge in [-0.1, -0.05) is 0 Å². The Morgan fingerprint density at radius 1 is 1.41 bits per heavy atom. The number of nitrogens with zero attached hydrogens (tertiary/aromatic N) is 6. The van der Waals surface area contributed by atoms with Gasteiger partial charge in [-0.05, 0) is 18.3 Å². The predicted octanol–water partition coefficient (Wildman–Crippen LogP) is 0.0416. The third-order valence-electron chi connectivity index (χ3n) is 4.51. The maximum atomic E-state index is 6.04. The Labute approximate surface area is 128 Å². The van der Waals surface area contributed by atoms with Crippen LogP contribution in [0.4, 0.5) is 5.82 Å². The number of nitrogens with two attached hydrogens (primary N) is 1. The lowest BCUT2D eigenvalue weighted by Crippen LogP contribution is -2.37. The van der Waals surface area contributed by atoms with Crippen molar-refractivity contribution < 1.29 is 0 Å². The normalized spacial score (nSPS) is 23.9. The van der Waals surface area contributed by atoms with Gasteiger partial charge in [-0.2, -0.15) is 5.10 Å².